The molecule has 0 aromatic carbocycles. The van der Waals surface area contributed by atoms with E-state index in [0.717, 1.165) is 19.4 Å². The zero-order valence-electron chi connectivity index (χ0n) is 9.98. The molecule has 2 fully saturated rings. The average Bonchev–Trinajstić information content (AvgIpc) is 2.67. The summed E-state index contributed by atoms with van der Waals surface area (Å²) in [6.07, 6.45) is 4.60. The van der Waals surface area contributed by atoms with Gasteiger partial charge in [0.2, 0.25) is 5.91 Å². The Labute approximate surface area is 96.8 Å². The molecule has 4 nitrogen and oxygen atoms in total. The predicted molar refractivity (Wildman–Crippen MR) is 61.7 cm³/mol. The van der Waals surface area contributed by atoms with Gasteiger partial charge in [-0.25, -0.2) is 0 Å². The van der Waals surface area contributed by atoms with E-state index in [1.807, 2.05) is 4.90 Å². The molecule has 1 amide bonds. The average molecular weight is 226 g/mol. The molecule has 2 rings (SSSR count). The summed E-state index contributed by atoms with van der Waals surface area (Å²) in [5.74, 6) is 0.510. The van der Waals surface area contributed by atoms with Crippen LogP contribution in [0, 0.1) is 11.3 Å². The van der Waals surface area contributed by atoms with Gasteiger partial charge in [-0.1, -0.05) is 12.8 Å². The monoisotopic (exact) mass is 226 g/mol. The smallest absolute Gasteiger partial charge is 0.239 e. The molecule has 1 saturated heterocycles. The minimum absolute atomic E-state index is 0.0250. The van der Waals surface area contributed by atoms with Crippen molar-refractivity contribution in [1.82, 2.24) is 4.90 Å². The predicted octanol–water partition coefficient (Wildman–Crippen LogP) is 0.345. The van der Waals surface area contributed by atoms with Crippen molar-refractivity contribution < 1.29 is 9.90 Å². The fraction of sp³-hybridized carbons (Fsp3) is 0.917. The Balaban J connectivity index is 2.10. The van der Waals surface area contributed by atoms with E-state index in [2.05, 4.69) is 0 Å². The highest BCUT2D eigenvalue weighted by Gasteiger charge is 2.48. The van der Waals surface area contributed by atoms with Crippen molar-refractivity contribution in [2.24, 2.45) is 17.1 Å². The van der Waals surface area contributed by atoms with Gasteiger partial charge in [0.05, 0.1) is 12.6 Å². The molecule has 3 atom stereocenters. The molecule has 2 aliphatic rings. The molecule has 0 aromatic rings. The van der Waals surface area contributed by atoms with E-state index in [1.165, 1.54) is 12.8 Å². The summed E-state index contributed by atoms with van der Waals surface area (Å²) >= 11 is 0. The lowest BCUT2D eigenvalue weighted by Gasteiger charge is -2.36. The van der Waals surface area contributed by atoms with E-state index >= 15 is 0 Å². The van der Waals surface area contributed by atoms with E-state index in [4.69, 9.17) is 5.73 Å². The SMILES string of the molecule is C[C@H](N)C(=O)N1C[C@H]2CCCC[C@@]2(CO)C1. The molecule has 1 aliphatic carbocycles. The lowest BCUT2D eigenvalue weighted by atomic mass is 9.69. The van der Waals surface area contributed by atoms with Crippen molar-refractivity contribution in [2.75, 3.05) is 19.7 Å². The zero-order valence-corrected chi connectivity index (χ0v) is 9.98. The molecule has 0 aromatic heterocycles. The molecule has 1 heterocycles. The summed E-state index contributed by atoms with van der Waals surface area (Å²) in [5.41, 5.74) is 5.61. The maximum Gasteiger partial charge on any atom is 0.239 e. The third-order valence-corrected chi connectivity index (χ3v) is 4.31. The first-order chi connectivity index (χ1) is 7.59. The lowest BCUT2D eigenvalue weighted by Crippen LogP contribution is -2.42. The van der Waals surface area contributed by atoms with Gasteiger partial charge in [0.1, 0.15) is 0 Å². The van der Waals surface area contributed by atoms with Crippen LogP contribution in [-0.2, 0) is 4.79 Å². The lowest BCUT2D eigenvalue weighted by molar-refractivity contribution is -0.131. The van der Waals surface area contributed by atoms with Gasteiger partial charge in [-0.2, -0.15) is 0 Å². The second-order valence-corrected chi connectivity index (χ2v) is 5.47. The number of hydrogen-bond donors (Lipinski definition) is 2. The molecule has 1 aliphatic heterocycles. The van der Waals surface area contributed by atoms with Crippen LogP contribution in [0.3, 0.4) is 0 Å². The van der Waals surface area contributed by atoms with Crippen LogP contribution in [0.2, 0.25) is 0 Å². The number of likely N-dealkylation sites (tertiary alicyclic amines) is 1. The quantitative estimate of drug-likeness (QED) is 0.714. The number of fused-ring (bicyclic) bond motifs is 1. The number of hydrogen-bond acceptors (Lipinski definition) is 3. The first-order valence-corrected chi connectivity index (χ1v) is 6.24. The van der Waals surface area contributed by atoms with Crippen molar-refractivity contribution in [3.63, 3.8) is 0 Å². The van der Waals surface area contributed by atoms with Crippen LogP contribution in [0.15, 0.2) is 0 Å². The molecule has 0 radical (unpaired) electrons. The molecular formula is C12H22N2O2. The van der Waals surface area contributed by atoms with Crippen molar-refractivity contribution in [3.05, 3.63) is 0 Å². The van der Waals surface area contributed by atoms with Gasteiger partial charge in [-0.05, 0) is 25.7 Å². The first-order valence-electron chi connectivity index (χ1n) is 6.24. The number of carbonyl (C=O) groups excluding carboxylic acids is 1. The van der Waals surface area contributed by atoms with Crippen LogP contribution in [-0.4, -0.2) is 41.7 Å². The Kier molecular flexibility index (Phi) is 3.22. The van der Waals surface area contributed by atoms with Crippen LogP contribution in [0.5, 0.6) is 0 Å². The van der Waals surface area contributed by atoms with Gasteiger partial charge in [-0.3, -0.25) is 4.79 Å². The molecule has 4 heteroatoms. The molecule has 1 saturated carbocycles. The molecule has 0 spiro atoms. The Bertz CT molecular complexity index is 280. The normalized spacial score (nSPS) is 35.9. The Morgan fingerprint density at radius 3 is 2.94 bits per heavy atom. The van der Waals surface area contributed by atoms with E-state index in [1.54, 1.807) is 6.92 Å². The number of rotatable bonds is 2. The van der Waals surface area contributed by atoms with Gasteiger partial charge in [0.15, 0.2) is 0 Å². The van der Waals surface area contributed by atoms with Gasteiger partial charge in [0.25, 0.3) is 0 Å². The highest BCUT2D eigenvalue weighted by molar-refractivity contribution is 5.81. The number of aliphatic hydroxyl groups is 1. The highest BCUT2D eigenvalue weighted by atomic mass is 16.3. The number of amides is 1. The third kappa shape index (κ3) is 1.84. The topological polar surface area (TPSA) is 66.6 Å². The first kappa shape index (κ1) is 11.9. The van der Waals surface area contributed by atoms with Crippen molar-refractivity contribution in [3.8, 4) is 0 Å². The molecule has 0 bridgehead atoms. The molecule has 92 valence electrons. The van der Waals surface area contributed by atoms with Crippen LogP contribution in [0.4, 0.5) is 0 Å². The molecule has 16 heavy (non-hydrogen) atoms. The molecule has 3 N–H and O–H groups in total. The standard InChI is InChI=1S/C12H22N2O2/c1-9(13)11(16)14-6-10-4-2-3-5-12(10,7-14)8-15/h9-10,15H,2-8,13H2,1H3/t9-,10+,12-/m0/s1. The van der Waals surface area contributed by atoms with Crippen LogP contribution in [0.25, 0.3) is 0 Å². The fourth-order valence-electron chi connectivity index (χ4n) is 3.30. The van der Waals surface area contributed by atoms with Crippen LogP contribution < -0.4 is 5.73 Å². The number of carbonyl (C=O) groups is 1. The summed E-state index contributed by atoms with van der Waals surface area (Å²) in [7, 11) is 0. The summed E-state index contributed by atoms with van der Waals surface area (Å²) in [4.78, 5) is 13.7. The van der Waals surface area contributed by atoms with Crippen LogP contribution >= 0.6 is 0 Å². The van der Waals surface area contributed by atoms with E-state index in [0.29, 0.717) is 12.5 Å². The third-order valence-electron chi connectivity index (χ3n) is 4.31. The van der Waals surface area contributed by atoms with Crippen molar-refractivity contribution >= 4 is 5.91 Å². The Hall–Kier alpha value is -0.610. The summed E-state index contributed by atoms with van der Waals surface area (Å²) in [5, 5.41) is 9.62. The number of nitrogens with two attached hydrogens (primary N) is 1. The fourth-order valence-corrected chi connectivity index (χ4v) is 3.30. The summed E-state index contributed by atoms with van der Waals surface area (Å²) in [6, 6.07) is -0.420. The Morgan fingerprint density at radius 1 is 1.62 bits per heavy atom. The number of aliphatic hydroxyl groups excluding tert-OH is 1. The summed E-state index contributed by atoms with van der Waals surface area (Å²) in [6.45, 7) is 3.44. The minimum Gasteiger partial charge on any atom is -0.396 e. The zero-order chi connectivity index (χ0) is 11.8. The van der Waals surface area contributed by atoms with E-state index < -0.39 is 6.04 Å². The Morgan fingerprint density at radius 2 is 2.38 bits per heavy atom. The van der Waals surface area contributed by atoms with Crippen molar-refractivity contribution in [1.29, 1.82) is 0 Å². The molecule has 0 unspecified atom stereocenters. The maximum absolute atomic E-state index is 11.9. The highest BCUT2D eigenvalue weighted by Crippen LogP contribution is 2.46. The van der Waals surface area contributed by atoms with Crippen molar-refractivity contribution in [2.45, 2.75) is 38.6 Å². The van der Waals surface area contributed by atoms with E-state index in [-0.39, 0.29) is 17.9 Å². The second kappa shape index (κ2) is 4.34. The summed E-state index contributed by atoms with van der Waals surface area (Å²) < 4.78 is 0. The van der Waals surface area contributed by atoms with Gasteiger partial charge in [0, 0.05) is 18.5 Å². The maximum atomic E-state index is 11.9. The van der Waals surface area contributed by atoms with Gasteiger partial charge < -0.3 is 15.7 Å². The largest absolute Gasteiger partial charge is 0.396 e. The van der Waals surface area contributed by atoms with Crippen LogP contribution in [0.1, 0.15) is 32.6 Å². The van der Waals surface area contributed by atoms with Gasteiger partial charge >= 0.3 is 0 Å². The number of nitrogens with zero attached hydrogens (tertiary/aromatic N) is 1. The minimum atomic E-state index is -0.420. The molecular weight excluding hydrogens is 204 g/mol. The second-order valence-electron chi connectivity index (χ2n) is 5.47. The van der Waals surface area contributed by atoms with E-state index in [9.17, 15) is 9.90 Å². The van der Waals surface area contributed by atoms with Gasteiger partial charge in [-0.15, -0.1) is 0 Å².